The van der Waals surface area contributed by atoms with Crippen molar-refractivity contribution in [2.24, 2.45) is 11.8 Å². The molecule has 15 heavy (non-hydrogen) atoms. The second kappa shape index (κ2) is 4.42. The van der Waals surface area contributed by atoms with Crippen molar-refractivity contribution in [3.8, 4) is 0 Å². The Bertz CT molecular complexity index is 217. The molecular weight excluding hydrogens is 184 g/mol. The summed E-state index contributed by atoms with van der Waals surface area (Å²) in [7, 11) is 2.11. The Morgan fingerprint density at radius 3 is 2.60 bits per heavy atom. The standard InChI is InChI=1S/C13H26N2/c1-5-11-8-13(11)15-7-6-12(14-4)9(2)10(15)3/h9-14H,5-8H2,1-4H3. The highest BCUT2D eigenvalue weighted by atomic mass is 15.2. The van der Waals surface area contributed by atoms with Gasteiger partial charge in [0.05, 0.1) is 0 Å². The van der Waals surface area contributed by atoms with Crippen LogP contribution in [0.3, 0.4) is 0 Å². The van der Waals surface area contributed by atoms with Crippen LogP contribution in [0, 0.1) is 11.8 Å². The molecule has 1 aliphatic heterocycles. The first-order chi connectivity index (χ1) is 7.19. The minimum atomic E-state index is 0.732. The second-order valence-corrected chi connectivity index (χ2v) is 5.49. The lowest BCUT2D eigenvalue weighted by Crippen LogP contribution is -2.53. The fourth-order valence-corrected chi connectivity index (χ4v) is 3.34. The Hall–Kier alpha value is -0.0800. The van der Waals surface area contributed by atoms with E-state index in [0.717, 1.165) is 30.0 Å². The molecule has 2 heteroatoms. The summed E-state index contributed by atoms with van der Waals surface area (Å²) in [6, 6.07) is 2.41. The molecule has 5 atom stereocenters. The minimum Gasteiger partial charge on any atom is -0.317 e. The molecule has 2 nitrogen and oxygen atoms in total. The molecule has 5 unspecified atom stereocenters. The van der Waals surface area contributed by atoms with Crippen molar-refractivity contribution in [1.82, 2.24) is 10.2 Å². The molecule has 0 aromatic rings. The van der Waals surface area contributed by atoms with Gasteiger partial charge in [0.25, 0.3) is 0 Å². The van der Waals surface area contributed by atoms with E-state index in [-0.39, 0.29) is 0 Å². The lowest BCUT2D eigenvalue weighted by Gasteiger charge is -2.43. The van der Waals surface area contributed by atoms with E-state index < -0.39 is 0 Å². The Balaban J connectivity index is 1.93. The first-order valence-corrected chi connectivity index (χ1v) is 6.62. The summed E-state index contributed by atoms with van der Waals surface area (Å²) in [6.07, 6.45) is 4.16. The topological polar surface area (TPSA) is 15.3 Å². The summed E-state index contributed by atoms with van der Waals surface area (Å²) in [5.41, 5.74) is 0. The Morgan fingerprint density at radius 1 is 1.33 bits per heavy atom. The maximum absolute atomic E-state index is 3.46. The van der Waals surface area contributed by atoms with Crippen molar-refractivity contribution >= 4 is 0 Å². The van der Waals surface area contributed by atoms with Gasteiger partial charge in [-0.2, -0.15) is 0 Å². The third-order valence-electron chi connectivity index (χ3n) is 4.82. The van der Waals surface area contributed by atoms with Crippen LogP contribution in [0.1, 0.15) is 40.0 Å². The quantitative estimate of drug-likeness (QED) is 0.767. The zero-order chi connectivity index (χ0) is 11.0. The van der Waals surface area contributed by atoms with Crippen LogP contribution in [0.2, 0.25) is 0 Å². The van der Waals surface area contributed by atoms with Crippen LogP contribution in [-0.4, -0.2) is 36.6 Å². The van der Waals surface area contributed by atoms with Crippen molar-refractivity contribution in [3.63, 3.8) is 0 Å². The minimum absolute atomic E-state index is 0.732. The number of rotatable bonds is 3. The Labute approximate surface area is 94.4 Å². The molecule has 2 fully saturated rings. The van der Waals surface area contributed by atoms with Gasteiger partial charge in [-0.25, -0.2) is 0 Å². The van der Waals surface area contributed by atoms with Gasteiger partial charge in [0.15, 0.2) is 0 Å². The van der Waals surface area contributed by atoms with E-state index in [2.05, 4.69) is 38.0 Å². The van der Waals surface area contributed by atoms with E-state index in [1.165, 1.54) is 25.8 Å². The molecule has 0 amide bonds. The lowest BCUT2D eigenvalue weighted by molar-refractivity contribution is 0.0757. The average molecular weight is 210 g/mol. The van der Waals surface area contributed by atoms with E-state index in [1.807, 2.05) is 0 Å². The van der Waals surface area contributed by atoms with Crippen molar-refractivity contribution < 1.29 is 0 Å². The third kappa shape index (κ3) is 2.07. The van der Waals surface area contributed by atoms with Crippen molar-refractivity contribution in [3.05, 3.63) is 0 Å². The molecule has 0 radical (unpaired) electrons. The number of piperidine rings is 1. The van der Waals surface area contributed by atoms with Gasteiger partial charge in [-0.3, -0.25) is 4.90 Å². The van der Waals surface area contributed by atoms with Gasteiger partial charge in [-0.1, -0.05) is 20.3 Å². The zero-order valence-electron chi connectivity index (χ0n) is 10.7. The maximum Gasteiger partial charge on any atom is 0.0130 e. The molecule has 1 saturated heterocycles. The number of nitrogens with zero attached hydrogens (tertiary/aromatic N) is 1. The van der Waals surface area contributed by atoms with Crippen LogP contribution in [0.15, 0.2) is 0 Å². The van der Waals surface area contributed by atoms with Crippen molar-refractivity contribution in [1.29, 1.82) is 0 Å². The number of nitrogens with one attached hydrogen (secondary N) is 1. The summed E-state index contributed by atoms with van der Waals surface area (Å²) < 4.78 is 0. The molecule has 1 N–H and O–H groups in total. The van der Waals surface area contributed by atoms with Gasteiger partial charge in [0.1, 0.15) is 0 Å². The van der Waals surface area contributed by atoms with E-state index in [4.69, 9.17) is 0 Å². The molecule has 88 valence electrons. The van der Waals surface area contributed by atoms with E-state index in [0.29, 0.717) is 0 Å². The summed E-state index contributed by atoms with van der Waals surface area (Å²) in [5.74, 6) is 1.80. The molecule has 0 bridgehead atoms. The summed E-state index contributed by atoms with van der Waals surface area (Å²) in [6.45, 7) is 8.46. The highest BCUT2D eigenvalue weighted by molar-refractivity contribution is 5.00. The molecule has 0 aromatic heterocycles. The third-order valence-corrected chi connectivity index (χ3v) is 4.82. The van der Waals surface area contributed by atoms with E-state index in [9.17, 15) is 0 Å². The molecule has 1 aliphatic carbocycles. The Kier molecular flexibility index (Phi) is 3.36. The van der Waals surface area contributed by atoms with Crippen molar-refractivity contribution in [2.45, 2.75) is 58.2 Å². The average Bonchev–Trinajstić information content (AvgIpc) is 3.01. The smallest absolute Gasteiger partial charge is 0.0130 e. The second-order valence-electron chi connectivity index (χ2n) is 5.49. The fraction of sp³-hybridized carbons (Fsp3) is 1.00. The van der Waals surface area contributed by atoms with Crippen LogP contribution in [0.25, 0.3) is 0 Å². The highest BCUT2D eigenvalue weighted by Gasteiger charge is 2.45. The van der Waals surface area contributed by atoms with Gasteiger partial charge in [0.2, 0.25) is 0 Å². The van der Waals surface area contributed by atoms with E-state index in [1.54, 1.807) is 0 Å². The van der Waals surface area contributed by atoms with E-state index >= 15 is 0 Å². The molecule has 2 aliphatic rings. The number of likely N-dealkylation sites (tertiary alicyclic amines) is 1. The first kappa shape index (κ1) is 11.4. The van der Waals surface area contributed by atoms with Gasteiger partial charge in [-0.05, 0) is 38.6 Å². The molecule has 0 spiro atoms. The monoisotopic (exact) mass is 210 g/mol. The summed E-state index contributed by atoms with van der Waals surface area (Å²) >= 11 is 0. The maximum atomic E-state index is 3.46. The molecule has 1 heterocycles. The van der Waals surface area contributed by atoms with Crippen LogP contribution >= 0.6 is 0 Å². The van der Waals surface area contributed by atoms with Gasteiger partial charge in [0, 0.05) is 24.7 Å². The van der Waals surface area contributed by atoms with Crippen LogP contribution in [0.4, 0.5) is 0 Å². The fourth-order valence-electron chi connectivity index (χ4n) is 3.34. The summed E-state index contributed by atoms with van der Waals surface area (Å²) in [4.78, 5) is 2.77. The predicted octanol–water partition coefficient (Wildman–Crippen LogP) is 2.10. The van der Waals surface area contributed by atoms with Gasteiger partial charge >= 0.3 is 0 Å². The number of hydrogen-bond acceptors (Lipinski definition) is 2. The SMILES string of the molecule is CCC1CC1N1CCC(NC)C(C)C1C. The predicted molar refractivity (Wildman–Crippen MR) is 65.0 cm³/mol. The molecule has 1 saturated carbocycles. The van der Waals surface area contributed by atoms with Crippen LogP contribution in [0.5, 0.6) is 0 Å². The largest absolute Gasteiger partial charge is 0.317 e. The van der Waals surface area contributed by atoms with Crippen LogP contribution in [-0.2, 0) is 0 Å². The molecule has 2 rings (SSSR count). The summed E-state index contributed by atoms with van der Waals surface area (Å²) in [5, 5.41) is 3.46. The molecular formula is C13H26N2. The lowest BCUT2D eigenvalue weighted by atomic mass is 9.87. The number of hydrogen-bond donors (Lipinski definition) is 1. The van der Waals surface area contributed by atoms with Gasteiger partial charge in [-0.15, -0.1) is 0 Å². The van der Waals surface area contributed by atoms with Gasteiger partial charge < -0.3 is 5.32 Å². The van der Waals surface area contributed by atoms with Crippen LogP contribution < -0.4 is 5.32 Å². The Morgan fingerprint density at radius 2 is 2.07 bits per heavy atom. The highest BCUT2D eigenvalue weighted by Crippen LogP contribution is 2.42. The first-order valence-electron chi connectivity index (χ1n) is 6.62. The van der Waals surface area contributed by atoms with Crippen molar-refractivity contribution in [2.75, 3.05) is 13.6 Å². The molecule has 0 aromatic carbocycles. The normalized spacial score (nSPS) is 46.8. The zero-order valence-corrected chi connectivity index (χ0v) is 10.7.